The van der Waals surface area contributed by atoms with Gasteiger partial charge in [-0.05, 0) is 77.2 Å². The van der Waals surface area contributed by atoms with Gasteiger partial charge in [0, 0.05) is 30.1 Å². The van der Waals surface area contributed by atoms with Gasteiger partial charge in [0.15, 0.2) is 0 Å². The van der Waals surface area contributed by atoms with Gasteiger partial charge in [-0.2, -0.15) is 0 Å². The molecule has 1 aromatic carbocycles. The quantitative estimate of drug-likeness (QED) is 0.809. The summed E-state index contributed by atoms with van der Waals surface area (Å²) in [5, 5.41) is 11.6. The first-order valence-electron chi connectivity index (χ1n) is 10.5. The zero-order valence-electron chi connectivity index (χ0n) is 17.1. The van der Waals surface area contributed by atoms with Gasteiger partial charge in [-0.15, -0.1) is 0 Å². The number of likely N-dealkylation sites (tertiary alicyclic amines) is 2. The standard InChI is InChI=1S/C22H33ClN2O3/c1-17(2)24-12-7-18(8-13-24)21(26)25-11-4-9-22(27,10-14-25)16-28-20-6-3-5-19(23)15-20/h3,5-6,15,17-18,27H,4,7-14,16H2,1-2H3. The first-order chi connectivity index (χ1) is 13.4. The second-order valence-corrected chi connectivity index (χ2v) is 8.99. The lowest BCUT2D eigenvalue weighted by molar-refractivity contribution is -0.137. The van der Waals surface area contributed by atoms with Crippen molar-refractivity contribution < 1.29 is 14.6 Å². The van der Waals surface area contributed by atoms with Gasteiger partial charge < -0.3 is 19.6 Å². The van der Waals surface area contributed by atoms with Gasteiger partial charge in [-0.3, -0.25) is 4.79 Å². The van der Waals surface area contributed by atoms with E-state index in [2.05, 4.69) is 18.7 Å². The smallest absolute Gasteiger partial charge is 0.225 e. The number of hydrogen-bond donors (Lipinski definition) is 1. The average molecular weight is 409 g/mol. The third-order valence-corrected chi connectivity index (χ3v) is 6.38. The van der Waals surface area contributed by atoms with Gasteiger partial charge in [0.2, 0.25) is 5.91 Å². The molecule has 28 heavy (non-hydrogen) atoms. The first-order valence-corrected chi connectivity index (χ1v) is 10.9. The summed E-state index contributed by atoms with van der Waals surface area (Å²) >= 11 is 5.99. The van der Waals surface area contributed by atoms with Crippen LogP contribution in [0.25, 0.3) is 0 Å². The fourth-order valence-electron chi connectivity index (χ4n) is 4.24. The third kappa shape index (κ3) is 5.62. The Kier molecular flexibility index (Phi) is 7.24. The zero-order valence-corrected chi connectivity index (χ0v) is 17.8. The highest BCUT2D eigenvalue weighted by Crippen LogP contribution is 2.27. The van der Waals surface area contributed by atoms with E-state index in [9.17, 15) is 9.90 Å². The molecule has 0 radical (unpaired) electrons. The summed E-state index contributed by atoms with van der Waals surface area (Å²) < 4.78 is 5.79. The normalized spacial score (nSPS) is 25.0. The molecule has 2 fully saturated rings. The minimum absolute atomic E-state index is 0.129. The molecule has 1 N–H and O–H groups in total. The number of halogens is 1. The van der Waals surface area contributed by atoms with E-state index >= 15 is 0 Å². The van der Waals surface area contributed by atoms with Crippen LogP contribution in [0.5, 0.6) is 5.75 Å². The molecular formula is C22H33ClN2O3. The molecule has 1 unspecified atom stereocenters. The maximum Gasteiger partial charge on any atom is 0.225 e. The fourth-order valence-corrected chi connectivity index (χ4v) is 4.42. The number of carbonyl (C=O) groups excluding carboxylic acids is 1. The largest absolute Gasteiger partial charge is 0.491 e. The lowest BCUT2D eigenvalue weighted by Gasteiger charge is -2.36. The molecule has 0 spiro atoms. The van der Waals surface area contributed by atoms with Gasteiger partial charge in [0.25, 0.3) is 0 Å². The van der Waals surface area contributed by atoms with E-state index in [1.807, 2.05) is 17.0 Å². The molecular weight excluding hydrogens is 376 g/mol. The summed E-state index contributed by atoms with van der Waals surface area (Å²) in [7, 11) is 0. The van der Waals surface area contributed by atoms with Crippen molar-refractivity contribution in [2.24, 2.45) is 5.92 Å². The molecule has 2 saturated heterocycles. The monoisotopic (exact) mass is 408 g/mol. The van der Waals surface area contributed by atoms with Crippen molar-refractivity contribution >= 4 is 17.5 Å². The second-order valence-electron chi connectivity index (χ2n) is 8.55. The molecule has 2 aliphatic rings. The van der Waals surface area contributed by atoms with Crippen LogP contribution in [-0.2, 0) is 4.79 Å². The topological polar surface area (TPSA) is 53.0 Å². The summed E-state index contributed by atoms with van der Waals surface area (Å²) in [6, 6.07) is 7.76. The highest BCUT2D eigenvalue weighted by Gasteiger charge is 2.35. The molecule has 156 valence electrons. The summed E-state index contributed by atoms with van der Waals surface area (Å²) in [6.07, 6.45) is 3.87. The molecule has 0 saturated carbocycles. The van der Waals surface area contributed by atoms with Crippen molar-refractivity contribution in [2.75, 3.05) is 32.8 Å². The van der Waals surface area contributed by atoms with E-state index in [0.717, 1.165) is 38.9 Å². The highest BCUT2D eigenvalue weighted by molar-refractivity contribution is 6.30. The van der Waals surface area contributed by atoms with Gasteiger partial charge in [-0.25, -0.2) is 0 Å². The minimum atomic E-state index is -0.904. The average Bonchev–Trinajstić information content (AvgIpc) is 2.88. The van der Waals surface area contributed by atoms with Crippen molar-refractivity contribution in [3.8, 4) is 5.75 Å². The van der Waals surface area contributed by atoms with Crippen LogP contribution in [-0.4, -0.2) is 65.2 Å². The van der Waals surface area contributed by atoms with Gasteiger partial charge in [0.05, 0.1) is 0 Å². The Hall–Kier alpha value is -1.30. The molecule has 0 bridgehead atoms. The number of piperidine rings is 1. The minimum Gasteiger partial charge on any atom is -0.491 e. The summed E-state index contributed by atoms with van der Waals surface area (Å²) in [6.45, 7) is 7.97. The van der Waals surface area contributed by atoms with E-state index in [1.54, 1.807) is 12.1 Å². The summed E-state index contributed by atoms with van der Waals surface area (Å²) in [5.41, 5.74) is -0.904. The Bertz CT molecular complexity index is 661. The predicted molar refractivity (Wildman–Crippen MR) is 112 cm³/mol. The molecule has 6 heteroatoms. The van der Waals surface area contributed by atoms with Crippen LogP contribution in [0.3, 0.4) is 0 Å². The highest BCUT2D eigenvalue weighted by atomic mass is 35.5. The SMILES string of the molecule is CC(C)N1CCC(C(=O)N2CCCC(O)(COc3cccc(Cl)c3)CC2)CC1. The fraction of sp³-hybridized carbons (Fsp3) is 0.682. The molecule has 3 rings (SSSR count). The maximum atomic E-state index is 13.0. The van der Waals surface area contributed by atoms with Crippen molar-refractivity contribution in [3.05, 3.63) is 29.3 Å². The molecule has 5 nitrogen and oxygen atoms in total. The van der Waals surface area contributed by atoms with Crippen LogP contribution in [0.4, 0.5) is 0 Å². The molecule has 1 amide bonds. The zero-order chi connectivity index (χ0) is 20.1. The van der Waals surface area contributed by atoms with E-state index < -0.39 is 5.60 Å². The number of amides is 1. The molecule has 2 aliphatic heterocycles. The number of ether oxygens (including phenoxy) is 1. The van der Waals surface area contributed by atoms with Crippen LogP contribution >= 0.6 is 11.6 Å². The Morgan fingerprint density at radius 2 is 2.00 bits per heavy atom. The first kappa shape index (κ1) is 21.4. The van der Waals surface area contributed by atoms with Crippen LogP contribution in [0, 0.1) is 5.92 Å². The summed E-state index contributed by atoms with van der Waals surface area (Å²) in [4.78, 5) is 17.4. The number of nitrogens with zero attached hydrogens (tertiary/aromatic N) is 2. The molecule has 0 aromatic heterocycles. The van der Waals surface area contributed by atoms with E-state index in [1.165, 1.54) is 0 Å². The number of carbonyl (C=O) groups is 1. The predicted octanol–water partition coefficient (Wildman–Crippen LogP) is 3.58. The van der Waals surface area contributed by atoms with Gasteiger partial charge >= 0.3 is 0 Å². The van der Waals surface area contributed by atoms with Crippen molar-refractivity contribution in [2.45, 2.75) is 57.6 Å². The Morgan fingerprint density at radius 1 is 1.25 bits per heavy atom. The van der Waals surface area contributed by atoms with Crippen molar-refractivity contribution in [1.82, 2.24) is 9.80 Å². The number of aliphatic hydroxyl groups is 1. The van der Waals surface area contributed by atoms with E-state index in [-0.39, 0.29) is 18.4 Å². The number of benzene rings is 1. The van der Waals surface area contributed by atoms with Crippen LogP contribution in [0.1, 0.15) is 46.0 Å². The Labute approximate surface area is 173 Å². The van der Waals surface area contributed by atoms with Crippen LogP contribution < -0.4 is 4.74 Å². The van der Waals surface area contributed by atoms with Gasteiger partial charge in [0.1, 0.15) is 18.0 Å². The maximum absolute atomic E-state index is 13.0. The Balaban J connectivity index is 1.50. The van der Waals surface area contributed by atoms with E-state index in [0.29, 0.717) is 36.2 Å². The molecule has 0 aliphatic carbocycles. The lowest BCUT2D eigenvalue weighted by Crippen LogP contribution is -2.45. The number of hydrogen-bond acceptors (Lipinski definition) is 4. The lowest BCUT2D eigenvalue weighted by atomic mass is 9.94. The second kappa shape index (κ2) is 9.47. The summed E-state index contributed by atoms with van der Waals surface area (Å²) in [5.74, 6) is 1.06. The van der Waals surface area contributed by atoms with Crippen LogP contribution in [0.15, 0.2) is 24.3 Å². The molecule has 1 aromatic rings. The van der Waals surface area contributed by atoms with E-state index in [4.69, 9.17) is 16.3 Å². The van der Waals surface area contributed by atoms with Gasteiger partial charge in [-0.1, -0.05) is 17.7 Å². The third-order valence-electron chi connectivity index (χ3n) is 6.14. The molecule has 1 atom stereocenters. The van der Waals surface area contributed by atoms with Crippen molar-refractivity contribution in [1.29, 1.82) is 0 Å². The molecule has 2 heterocycles. The van der Waals surface area contributed by atoms with Crippen molar-refractivity contribution in [3.63, 3.8) is 0 Å². The van der Waals surface area contributed by atoms with Crippen LogP contribution in [0.2, 0.25) is 5.02 Å². The Morgan fingerprint density at radius 3 is 2.68 bits per heavy atom. The number of rotatable bonds is 5.